The number of ether oxygens (including phenoxy) is 2. The number of aryl methyl sites for hydroxylation is 2. The number of unbranched alkanes of at least 4 members (excludes halogenated alkanes) is 4. The molecule has 3 unspecified atom stereocenters. The molecule has 2 aromatic rings. The Morgan fingerprint density at radius 3 is 1.94 bits per heavy atom. The zero-order chi connectivity index (χ0) is 37.6. The van der Waals surface area contributed by atoms with Gasteiger partial charge in [0, 0.05) is 13.0 Å². The van der Waals surface area contributed by atoms with Crippen LogP contribution in [-0.4, -0.2) is 58.6 Å². The molecule has 0 radical (unpaired) electrons. The van der Waals surface area contributed by atoms with Crippen molar-refractivity contribution in [1.29, 1.82) is 0 Å². The molecule has 0 bridgehead atoms. The van der Waals surface area contributed by atoms with Crippen molar-refractivity contribution in [1.82, 2.24) is 15.5 Å². The zero-order valence-electron chi connectivity index (χ0n) is 32.5. The smallest absolute Gasteiger partial charge is 0.408 e. The summed E-state index contributed by atoms with van der Waals surface area (Å²) in [6.07, 6.45) is 4.55. The summed E-state index contributed by atoms with van der Waals surface area (Å²) in [6, 6.07) is 12.2. The maximum absolute atomic E-state index is 14.8. The molecule has 9 heteroatoms. The van der Waals surface area contributed by atoms with Gasteiger partial charge in [0.15, 0.2) is 0 Å². The Kier molecular flexibility index (Phi) is 16.5. The first-order valence-electron chi connectivity index (χ1n) is 18.3. The molecular weight excluding hydrogens is 630 g/mol. The average molecular weight is 694 g/mol. The van der Waals surface area contributed by atoms with Gasteiger partial charge in [0.2, 0.25) is 11.8 Å². The molecule has 2 aromatic carbocycles. The summed E-state index contributed by atoms with van der Waals surface area (Å²) in [6.45, 7) is 21.0. The number of esters is 1. The lowest BCUT2D eigenvalue weighted by Crippen LogP contribution is -2.55. The van der Waals surface area contributed by atoms with Gasteiger partial charge in [0.05, 0.1) is 0 Å². The van der Waals surface area contributed by atoms with E-state index >= 15 is 0 Å². The van der Waals surface area contributed by atoms with Gasteiger partial charge in [-0.3, -0.25) is 9.59 Å². The summed E-state index contributed by atoms with van der Waals surface area (Å²) in [7, 11) is 0. The largest absolute Gasteiger partial charge is 0.458 e. The third kappa shape index (κ3) is 14.9. The van der Waals surface area contributed by atoms with Crippen molar-refractivity contribution < 1.29 is 28.7 Å². The summed E-state index contributed by atoms with van der Waals surface area (Å²) in [5, 5.41) is 5.82. The number of rotatable bonds is 17. The van der Waals surface area contributed by atoms with Gasteiger partial charge in [0.1, 0.15) is 29.3 Å². The number of amides is 3. The van der Waals surface area contributed by atoms with Crippen molar-refractivity contribution in [2.75, 3.05) is 6.54 Å². The van der Waals surface area contributed by atoms with Crippen LogP contribution in [0.1, 0.15) is 129 Å². The Balaban J connectivity index is 2.67. The van der Waals surface area contributed by atoms with E-state index in [9.17, 15) is 19.2 Å². The van der Waals surface area contributed by atoms with Crippen molar-refractivity contribution in [2.24, 2.45) is 5.92 Å². The van der Waals surface area contributed by atoms with E-state index in [0.717, 1.165) is 42.4 Å². The molecule has 0 aromatic heterocycles. The van der Waals surface area contributed by atoms with E-state index in [2.05, 4.69) is 17.6 Å². The predicted molar refractivity (Wildman–Crippen MR) is 200 cm³/mol. The monoisotopic (exact) mass is 693 g/mol. The Hall–Kier alpha value is -3.88. The van der Waals surface area contributed by atoms with Crippen molar-refractivity contribution in [2.45, 2.75) is 150 Å². The van der Waals surface area contributed by atoms with Crippen molar-refractivity contribution in [3.8, 4) is 0 Å². The Bertz CT molecular complexity index is 1390. The topological polar surface area (TPSA) is 114 Å². The van der Waals surface area contributed by atoms with Gasteiger partial charge in [-0.2, -0.15) is 0 Å². The summed E-state index contributed by atoms with van der Waals surface area (Å²) >= 11 is 0. The molecule has 2 N–H and O–H groups in total. The standard InChI is InChI=1S/C41H63N3O6/c1-12-13-14-15-19-24-44(37(46)33(25-28(2)3)43-39(48)50-41(9,10)11)35(32-23-22-29(4)30(5)26-32)36(45)42-34(38(47)49-40(6,7)8)27-31-20-17-16-18-21-31/h16-18,20-23,26,28,33-35H,12-15,19,24-25,27H2,1-11H3,(H,42,45)(H,43,48). The summed E-state index contributed by atoms with van der Waals surface area (Å²) in [5.41, 5.74) is 1.96. The van der Waals surface area contributed by atoms with E-state index in [4.69, 9.17) is 9.47 Å². The molecule has 2 rings (SSSR count). The molecule has 0 heterocycles. The first-order chi connectivity index (χ1) is 23.3. The Morgan fingerprint density at radius 2 is 1.38 bits per heavy atom. The molecule has 0 aliphatic rings. The van der Waals surface area contributed by atoms with Crippen molar-refractivity contribution in [3.05, 3.63) is 70.8 Å². The number of alkyl carbamates (subject to hydrolysis) is 1. The third-order valence-electron chi connectivity index (χ3n) is 8.18. The normalized spacial score (nSPS) is 13.6. The molecule has 3 amide bonds. The minimum absolute atomic E-state index is 0.0570. The molecule has 9 nitrogen and oxygen atoms in total. The van der Waals surface area contributed by atoms with Gasteiger partial charge in [-0.15, -0.1) is 0 Å². The third-order valence-corrected chi connectivity index (χ3v) is 8.18. The molecule has 0 spiro atoms. The summed E-state index contributed by atoms with van der Waals surface area (Å²) < 4.78 is 11.3. The van der Waals surface area contributed by atoms with Crippen LogP contribution in [-0.2, 0) is 30.3 Å². The van der Waals surface area contributed by atoms with Crippen LogP contribution in [0.4, 0.5) is 4.79 Å². The second-order valence-electron chi connectivity index (χ2n) is 15.8. The average Bonchev–Trinajstić information content (AvgIpc) is 2.99. The first-order valence-corrected chi connectivity index (χ1v) is 18.3. The molecule has 0 aliphatic carbocycles. The number of carbonyl (C=O) groups is 4. The van der Waals surface area contributed by atoms with E-state index in [1.165, 1.54) is 0 Å². The quantitative estimate of drug-likeness (QED) is 0.128. The number of carbonyl (C=O) groups excluding carboxylic acids is 4. The van der Waals surface area contributed by atoms with Crippen LogP contribution >= 0.6 is 0 Å². The molecule has 0 aliphatic heterocycles. The lowest BCUT2D eigenvalue weighted by molar-refractivity contribution is -0.159. The molecular formula is C41H63N3O6. The molecule has 3 atom stereocenters. The van der Waals surface area contributed by atoms with Crippen LogP contribution in [0, 0.1) is 19.8 Å². The molecule has 0 fully saturated rings. The highest BCUT2D eigenvalue weighted by atomic mass is 16.6. The summed E-state index contributed by atoms with van der Waals surface area (Å²) in [5.74, 6) is -1.38. The minimum atomic E-state index is -1.08. The molecule has 0 saturated carbocycles. The maximum atomic E-state index is 14.8. The van der Waals surface area contributed by atoms with Crippen LogP contribution in [0.3, 0.4) is 0 Å². The lowest BCUT2D eigenvalue weighted by Gasteiger charge is -2.36. The van der Waals surface area contributed by atoms with Crippen LogP contribution in [0.5, 0.6) is 0 Å². The first kappa shape index (κ1) is 42.3. The number of hydrogen-bond donors (Lipinski definition) is 2. The van der Waals surface area contributed by atoms with Gasteiger partial charge in [-0.25, -0.2) is 9.59 Å². The van der Waals surface area contributed by atoms with Gasteiger partial charge in [-0.05, 0) is 96.4 Å². The Labute approximate surface area is 301 Å². The van der Waals surface area contributed by atoms with Gasteiger partial charge in [0.25, 0.3) is 0 Å². The van der Waals surface area contributed by atoms with Crippen LogP contribution in [0.15, 0.2) is 48.5 Å². The fourth-order valence-electron chi connectivity index (χ4n) is 5.67. The minimum Gasteiger partial charge on any atom is -0.458 e. The highest BCUT2D eigenvalue weighted by Crippen LogP contribution is 2.27. The number of hydrogen-bond acceptors (Lipinski definition) is 6. The highest BCUT2D eigenvalue weighted by molar-refractivity contribution is 5.94. The zero-order valence-corrected chi connectivity index (χ0v) is 32.5. The van der Waals surface area contributed by atoms with Crippen molar-refractivity contribution >= 4 is 23.9 Å². The second-order valence-corrected chi connectivity index (χ2v) is 15.8. The van der Waals surface area contributed by atoms with Crippen LogP contribution < -0.4 is 10.6 Å². The van der Waals surface area contributed by atoms with Gasteiger partial charge < -0.3 is 25.0 Å². The number of nitrogens with zero attached hydrogens (tertiary/aromatic N) is 1. The number of nitrogens with one attached hydrogen (secondary N) is 2. The highest BCUT2D eigenvalue weighted by Gasteiger charge is 2.38. The maximum Gasteiger partial charge on any atom is 0.408 e. The summed E-state index contributed by atoms with van der Waals surface area (Å²) in [4.78, 5) is 57.7. The van der Waals surface area contributed by atoms with E-state index in [1.807, 2.05) is 76.2 Å². The van der Waals surface area contributed by atoms with E-state index < -0.39 is 47.3 Å². The van der Waals surface area contributed by atoms with Crippen LogP contribution in [0.2, 0.25) is 0 Å². The number of benzene rings is 2. The molecule has 0 saturated heterocycles. The van der Waals surface area contributed by atoms with Crippen LogP contribution in [0.25, 0.3) is 0 Å². The lowest BCUT2D eigenvalue weighted by atomic mass is 9.96. The fraction of sp³-hybridized carbons (Fsp3) is 0.610. The van der Waals surface area contributed by atoms with Gasteiger partial charge in [-0.1, -0.05) is 95.0 Å². The van der Waals surface area contributed by atoms with Crippen molar-refractivity contribution in [3.63, 3.8) is 0 Å². The molecule has 278 valence electrons. The second kappa shape index (κ2) is 19.5. The van der Waals surface area contributed by atoms with Gasteiger partial charge >= 0.3 is 12.1 Å². The SMILES string of the molecule is CCCCCCCN(C(=O)C(CC(C)C)NC(=O)OC(C)(C)C)C(C(=O)NC(Cc1ccccc1)C(=O)OC(C)(C)C)c1ccc(C)c(C)c1. The van der Waals surface area contributed by atoms with E-state index in [0.29, 0.717) is 18.4 Å². The van der Waals surface area contributed by atoms with E-state index in [1.54, 1.807) is 46.4 Å². The predicted octanol–water partition coefficient (Wildman–Crippen LogP) is 8.15. The Morgan fingerprint density at radius 1 is 0.760 bits per heavy atom. The van der Waals surface area contributed by atoms with E-state index in [-0.39, 0.29) is 24.8 Å². The fourth-order valence-corrected chi connectivity index (χ4v) is 5.67. The molecule has 50 heavy (non-hydrogen) atoms.